The Hall–Kier alpha value is -3.67. The summed E-state index contributed by atoms with van der Waals surface area (Å²) >= 11 is 0. The van der Waals surface area contributed by atoms with E-state index in [1.165, 1.54) is 6.07 Å². The zero-order valence-corrected chi connectivity index (χ0v) is 18.8. The van der Waals surface area contributed by atoms with Gasteiger partial charge in [-0.15, -0.1) is 0 Å². The SMILES string of the molecule is Cc1nc2cccc(-c3cc4c(n3OC(=O)C(F)(F)F)CCNC4=O)c2nc1NC1CCC(N)C1. The van der Waals surface area contributed by atoms with Gasteiger partial charge in [-0.1, -0.05) is 12.1 Å². The summed E-state index contributed by atoms with van der Waals surface area (Å²) in [5, 5.41) is 6.02. The first kappa shape index (κ1) is 23.1. The molecule has 2 aromatic heterocycles. The molecular formula is C23H23F3N6O3. The van der Waals surface area contributed by atoms with Gasteiger partial charge in [0.25, 0.3) is 5.91 Å². The molecule has 9 nitrogen and oxygen atoms in total. The lowest BCUT2D eigenvalue weighted by atomic mass is 10.1. The van der Waals surface area contributed by atoms with Gasteiger partial charge in [-0.25, -0.2) is 14.8 Å². The number of nitrogens with zero attached hydrogens (tertiary/aromatic N) is 3. The topological polar surface area (TPSA) is 124 Å². The molecule has 0 spiro atoms. The van der Waals surface area contributed by atoms with E-state index >= 15 is 0 Å². The number of carbonyl (C=O) groups excluding carboxylic acids is 2. The zero-order chi connectivity index (χ0) is 24.9. The molecule has 3 aromatic rings. The van der Waals surface area contributed by atoms with Crippen LogP contribution in [0.25, 0.3) is 22.3 Å². The van der Waals surface area contributed by atoms with Gasteiger partial charge in [-0.3, -0.25) is 4.79 Å². The van der Waals surface area contributed by atoms with Gasteiger partial charge < -0.3 is 21.2 Å². The number of amides is 1. The average molecular weight is 488 g/mol. The molecule has 1 amide bonds. The number of alkyl halides is 3. The number of anilines is 1. The molecule has 2 unspecified atom stereocenters. The Kier molecular flexibility index (Phi) is 5.62. The van der Waals surface area contributed by atoms with E-state index in [0.29, 0.717) is 28.1 Å². The van der Waals surface area contributed by atoms with Crippen molar-refractivity contribution in [2.45, 2.75) is 50.9 Å². The third-order valence-electron chi connectivity index (χ3n) is 6.31. The van der Waals surface area contributed by atoms with Crippen molar-refractivity contribution >= 4 is 28.7 Å². The molecule has 35 heavy (non-hydrogen) atoms. The van der Waals surface area contributed by atoms with Crippen molar-refractivity contribution in [2.75, 3.05) is 11.9 Å². The van der Waals surface area contributed by atoms with Crippen LogP contribution >= 0.6 is 0 Å². The standard InChI is InChI=1S/C23H23F3N6O3/c1-11-20(30-13-6-5-12(27)9-13)31-19-14(3-2-4-16(19)29-11)18-10-15-17(7-8-28-21(15)33)32(18)35-22(34)23(24,25)26/h2-4,10,12-13H,5-9,27H2,1H3,(H,28,33)(H,30,31). The Morgan fingerprint density at radius 3 is 2.77 bits per heavy atom. The molecule has 1 aromatic carbocycles. The maximum Gasteiger partial charge on any atom is 0.493 e. The van der Waals surface area contributed by atoms with Gasteiger partial charge in [0.15, 0.2) is 0 Å². The number of benzene rings is 1. The molecule has 1 aliphatic heterocycles. The van der Waals surface area contributed by atoms with Gasteiger partial charge in [0, 0.05) is 30.6 Å². The van der Waals surface area contributed by atoms with E-state index in [2.05, 4.69) is 15.6 Å². The molecule has 3 heterocycles. The fourth-order valence-corrected chi connectivity index (χ4v) is 4.63. The lowest BCUT2D eigenvalue weighted by Crippen LogP contribution is -2.37. The van der Waals surface area contributed by atoms with Crippen molar-refractivity contribution in [1.29, 1.82) is 0 Å². The second-order valence-corrected chi connectivity index (χ2v) is 8.81. The molecular weight excluding hydrogens is 465 g/mol. The number of halogens is 3. The lowest BCUT2D eigenvalue weighted by Gasteiger charge is -2.18. The van der Waals surface area contributed by atoms with E-state index in [1.54, 1.807) is 18.2 Å². The smallest absolute Gasteiger partial charge is 0.366 e. The zero-order valence-electron chi connectivity index (χ0n) is 18.8. The molecule has 2 aliphatic rings. The number of rotatable bonds is 4. The van der Waals surface area contributed by atoms with Gasteiger partial charge in [-0.2, -0.15) is 17.9 Å². The van der Waals surface area contributed by atoms with Crippen LogP contribution in [0.1, 0.15) is 41.0 Å². The molecule has 5 rings (SSSR count). The van der Waals surface area contributed by atoms with Crippen molar-refractivity contribution in [3.63, 3.8) is 0 Å². The van der Waals surface area contributed by atoms with Gasteiger partial charge in [0.05, 0.1) is 28.2 Å². The molecule has 2 atom stereocenters. The number of carbonyl (C=O) groups is 2. The van der Waals surface area contributed by atoms with E-state index in [0.717, 1.165) is 24.0 Å². The summed E-state index contributed by atoms with van der Waals surface area (Å²) in [6, 6.07) is 6.70. The van der Waals surface area contributed by atoms with E-state index < -0.39 is 18.1 Å². The summed E-state index contributed by atoms with van der Waals surface area (Å²) in [6.45, 7) is 2.01. The lowest BCUT2D eigenvalue weighted by molar-refractivity contribution is -0.199. The fraction of sp³-hybridized carbons (Fsp3) is 0.391. The molecule has 12 heteroatoms. The quantitative estimate of drug-likeness (QED) is 0.516. The van der Waals surface area contributed by atoms with Crippen molar-refractivity contribution < 1.29 is 27.6 Å². The molecule has 1 aliphatic carbocycles. The third kappa shape index (κ3) is 4.29. The molecule has 4 N–H and O–H groups in total. The van der Waals surface area contributed by atoms with Crippen LogP contribution in [-0.2, 0) is 11.2 Å². The van der Waals surface area contributed by atoms with Crippen molar-refractivity contribution in [3.8, 4) is 11.3 Å². The largest absolute Gasteiger partial charge is 0.493 e. The third-order valence-corrected chi connectivity index (χ3v) is 6.31. The number of aryl methyl sites for hydroxylation is 1. The minimum absolute atomic E-state index is 0.0993. The van der Waals surface area contributed by atoms with Gasteiger partial charge in [-0.05, 0) is 38.3 Å². The molecule has 0 radical (unpaired) electrons. The van der Waals surface area contributed by atoms with Crippen LogP contribution in [0.3, 0.4) is 0 Å². The highest BCUT2D eigenvalue weighted by atomic mass is 19.4. The Labute approximate surface area is 197 Å². The maximum absolute atomic E-state index is 13.0. The fourth-order valence-electron chi connectivity index (χ4n) is 4.63. The molecule has 0 saturated heterocycles. The van der Waals surface area contributed by atoms with Crippen LogP contribution in [-0.4, -0.2) is 51.4 Å². The molecule has 1 fully saturated rings. The van der Waals surface area contributed by atoms with Crippen LogP contribution < -0.4 is 21.2 Å². The number of nitrogens with two attached hydrogens (primary N) is 1. The average Bonchev–Trinajstić information content (AvgIpc) is 3.37. The van der Waals surface area contributed by atoms with Crippen molar-refractivity contribution in [2.24, 2.45) is 5.73 Å². The first-order chi connectivity index (χ1) is 16.6. The van der Waals surface area contributed by atoms with Crippen LogP contribution in [0.4, 0.5) is 19.0 Å². The summed E-state index contributed by atoms with van der Waals surface area (Å²) < 4.78 is 39.9. The Morgan fingerprint density at radius 1 is 1.26 bits per heavy atom. The number of hydrogen-bond donors (Lipinski definition) is 3. The monoisotopic (exact) mass is 488 g/mol. The number of nitrogens with one attached hydrogen (secondary N) is 2. The summed E-state index contributed by atoms with van der Waals surface area (Å²) in [4.78, 5) is 38.3. The van der Waals surface area contributed by atoms with Crippen molar-refractivity contribution in [3.05, 3.63) is 41.2 Å². The highest BCUT2D eigenvalue weighted by molar-refractivity contribution is 6.00. The van der Waals surface area contributed by atoms with E-state index in [1.807, 2.05) is 6.92 Å². The van der Waals surface area contributed by atoms with E-state index in [4.69, 9.17) is 15.6 Å². The van der Waals surface area contributed by atoms with Crippen LogP contribution in [0.2, 0.25) is 0 Å². The number of para-hydroxylation sites is 1. The minimum atomic E-state index is -5.21. The summed E-state index contributed by atoms with van der Waals surface area (Å²) in [6.07, 6.45) is -2.44. The summed E-state index contributed by atoms with van der Waals surface area (Å²) in [5.74, 6) is -2.31. The Morgan fingerprint density at radius 2 is 2.06 bits per heavy atom. The van der Waals surface area contributed by atoms with E-state index in [-0.39, 0.29) is 42.0 Å². The van der Waals surface area contributed by atoms with Gasteiger partial charge in [0.2, 0.25) is 0 Å². The van der Waals surface area contributed by atoms with Gasteiger partial charge >= 0.3 is 12.1 Å². The molecule has 1 saturated carbocycles. The minimum Gasteiger partial charge on any atom is -0.366 e. The predicted molar refractivity (Wildman–Crippen MR) is 121 cm³/mol. The number of fused-ring (bicyclic) bond motifs is 2. The highest BCUT2D eigenvalue weighted by Crippen LogP contribution is 2.33. The molecule has 184 valence electrons. The maximum atomic E-state index is 13.0. The normalized spacial score (nSPS) is 20.0. The number of hydrogen-bond acceptors (Lipinski definition) is 7. The second-order valence-electron chi connectivity index (χ2n) is 8.81. The van der Waals surface area contributed by atoms with E-state index in [9.17, 15) is 22.8 Å². The van der Waals surface area contributed by atoms with Gasteiger partial charge in [0.1, 0.15) is 11.3 Å². The summed E-state index contributed by atoms with van der Waals surface area (Å²) in [7, 11) is 0. The molecule has 0 bridgehead atoms. The summed E-state index contributed by atoms with van der Waals surface area (Å²) in [5.41, 5.74) is 8.36. The van der Waals surface area contributed by atoms with Crippen LogP contribution in [0.5, 0.6) is 0 Å². The first-order valence-corrected chi connectivity index (χ1v) is 11.2. The first-order valence-electron chi connectivity index (χ1n) is 11.2. The predicted octanol–water partition coefficient (Wildman–Crippen LogP) is 2.50. The Bertz CT molecular complexity index is 1340. The van der Waals surface area contributed by atoms with Crippen molar-refractivity contribution in [1.82, 2.24) is 20.0 Å². The van der Waals surface area contributed by atoms with Crippen LogP contribution in [0.15, 0.2) is 24.3 Å². The number of aromatic nitrogens is 3. The second kappa shape index (κ2) is 8.52. The van der Waals surface area contributed by atoms with Crippen LogP contribution in [0, 0.1) is 6.92 Å². The highest BCUT2D eigenvalue weighted by Gasteiger charge is 2.43. The Balaban J connectivity index is 1.64.